The summed E-state index contributed by atoms with van der Waals surface area (Å²) in [4.78, 5) is 0. The van der Waals surface area contributed by atoms with Gasteiger partial charge in [-0.3, -0.25) is 0 Å². The molecule has 0 aliphatic carbocycles. The molecular formula is C8H17NO. The molecule has 1 heterocycles. The van der Waals surface area contributed by atoms with E-state index in [-0.39, 0.29) is 0 Å². The Kier molecular flexibility index (Phi) is 3.16. The van der Waals surface area contributed by atoms with Crippen molar-refractivity contribution in [1.29, 1.82) is 0 Å². The largest absolute Gasteiger partial charge is 0.377 e. The van der Waals surface area contributed by atoms with E-state index >= 15 is 0 Å². The predicted molar refractivity (Wildman–Crippen MR) is 42.1 cm³/mol. The molecule has 0 aromatic rings. The Hall–Kier alpha value is -0.0800. The van der Waals surface area contributed by atoms with Crippen molar-refractivity contribution in [3.63, 3.8) is 0 Å². The van der Waals surface area contributed by atoms with E-state index in [1.807, 2.05) is 0 Å². The van der Waals surface area contributed by atoms with Crippen LogP contribution in [0.25, 0.3) is 0 Å². The van der Waals surface area contributed by atoms with Gasteiger partial charge in [0.25, 0.3) is 0 Å². The zero-order chi connectivity index (χ0) is 7.40. The van der Waals surface area contributed by atoms with E-state index < -0.39 is 0 Å². The Balaban J connectivity index is 2.15. The Morgan fingerprint density at radius 1 is 1.50 bits per heavy atom. The maximum Gasteiger partial charge on any atom is 0.0714 e. The molecule has 1 N–H and O–H groups in total. The van der Waals surface area contributed by atoms with Crippen LogP contribution in [0.1, 0.15) is 26.7 Å². The second-order valence-electron chi connectivity index (χ2n) is 2.83. The van der Waals surface area contributed by atoms with Crippen molar-refractivity contribution in [2.45, 2.75) is 38.8 Å². The van der Waals surface area contributed by atoms with Gasteiger partial charge in [-0.05, 0) is 19.8 Å². The first-order valence-corrected chi connectivity index (χ1v) is 4.21. The van der Waals surface area contributed by atoms with Crippen LogP contribution in [0, 0.1) is 0 Å². The minimum Gasteiger partial charge on any atom is -0.377 e. The van der Waals surface area contributed by atoms with Gasteiger partial charge in [0.05, 0.1) is 6.10 Å². The molecule has 0 aromatic carbocycles. The van der Waals surface area contributed by atoms with Crippen LogP contribution in [0.4, 0.5) is 0 Å². The van der Waals surface area contributed by atoms with Crippen molar-refractivity contribution in [2.75, 3.05) is 13.2 Å². The van der Waals surface area contributed by atoms with Crippen LogP contribution in [0.5, 0.6) is 0 Å². The maximum absolute atomic E-state index is 5.47. The van der Waals surface area contributed by atoms with Gasteiger partial charge in [-0.2, -0.15) is 0 Å². The fourth-order valence-corrected chi connectivity index (χ4v) is 1.46. The van der Waals surface area contributed by atoms with E-state index in [4.69, 9.17) is 4.74 Å². The summed E-state index contributed by atoms with van der Waals surface area (Å²) in [6.07, 6.45) is 2.91. The molecular weight excluding hydrogens is 126 g/mol. The molecule has 0 amide bonds. The first-order chi connectivity index (χ1) is 4.86. The number of rotatable bonds is 3. The zero-order valence-electron chi connectivity index (χ0n) is 6.89. The average molecular weight is 143 g/mol. The fraction of sp³-hybridized carbons (Fsp3) is 1.00. The molecule has 1 fully saturated rings. The Morgan fingerprint density at radius 3 is 2.80 bits per heavy atom. The van der Waals surface area contributed by atoms with Gasteiger partial charge in [0, 0.05) is 19.2 Å². The van der Waals surface area contributed by atoms with Crippen molar-refractivity contribution in [1.82, 2.24) is 5.32 Å². The van der Waals surface area contributed by atoms with Crippen LogP contribution in [0.15, 0.2) is 0 Å². The lowest BCUT2D eigenvalue weighted by molar-refractivity contribution is 0.0756. The third-order valence-corrected chi connectivity index (χ3v) is 2.08. The number of hydrogen-bond acceptors (Lipinski definition) is 2. The molecule has 2 atom stereocenters. The molecule has 0 bridgehead atoms. The quantitative estimate of drug-likeness (QED) is 0.640. The Morgan fingerprint density at radius 2 is 2.30 bits per heavy atom. The molecule has 0 saturated carbocycles. The molecule has 2 heteroatoms. The summed E-state index contributed by atoms with van der Waals surface area (Å²) in [5.74, 6) is 0. The third-order valence-electron chi connectivity index (χ3n) is 2.08. The smallest absolute Gasteiger partial charge is 0.0714 e. The van der Waals surface area contributed by atoms with E-state index in [1.54, 1.807) is 0 Å². The van der Waals surface area contributed by atoms with Crippen molar-refractivity contribution in [3.05, 3.63) is 0 Å². The summed E-state index contributed by atoms with van der Waals surface area (Å²) in [7, 11) is 0. The van der Waals surface area contributed by atoms with Crippen LogP contribution < -0.4 is 5.32 Å². The Labute approximate surface area is 63.0 Å². The molecule has 60 valence electrons. The number of ether oxygens (including phenoxy) is 1. The SMILES string of the molecule is CCO[C@@H]1CN[C@H](CC)C1. The standard InChI is InChI=1S/C8H17NO/c1-3-7-5-8(6-9-7)10-4-2/h7-9H,3-6H2,1-2H3/t7-,8+/m1/s1. The van der Waals surface area contributed by atoms with Crippen LogP contribution in [-0.2, 0) is 4.74 Å². The third kappa shape index (κ3) is 1.96. The van der Waals surface area contributed by atoms with Crippen molar-refractivity contribution >= 4 is 0 Å². The van der Waals surface area contributed by atoms with Crippen LogP contribution in [-0.4, -0.2) is 25.3 Å². The van der Waals surface area contributed by atoms with Crippen molar-refractivity contribution in [3.8, 4) is 0 Å². The molecule has 10 heavy (non-hydrogen) atoms. The molecule has 0 unspecified atom stereocenters. The fourth-order valence-electron chi connectivity index (χ4n) is 1.46. The Bertz CT molecular complexity index is 95.3. The van der Waals surface area contributed by atoms with Gasteiger partial charge in [0.15, 0.2) is 0 Å². The first-order valence-electron chi connectivity index (χ1n) is 4.21. The van der Waals surface area contributed by atoms with Crippen molar-refractivity contribution < 1.29 is 4.74 Å². The van der Waals surface area contributed by atoms with E-state index in [1.165, 1.54) is 12.8 Å². The number of nitrogens with one attached hydrogen (secondary N) is 1. The van der Waals surface area contributed by atoms with Gasteiger partial charge >= 0.3 is 0 Å². The van der Waals surface area contributed by atoms with E-state index in [9.17, 15) is 0 Å². The van der Waals surface area contributed by atoms with E-state index in [2.05, 4.69) is 19.2 Å². The average Bonchev–Trinajstić information content (AvgIpc) is 2.37. The topological polar surface area (TPSA) is 21.3 Å². The monoisotopic (exact) mass is 143 g/mol. The lowest BCUT2D eigenvalue weighted by Gasteiger charge is -2.07. The van der Waals surface area contributed by atoms with Gasteiger partial charge in [0.1, 0.15) is 0 Å². The molecule has 0 radical (unpaired) electrons. The second kappa shape index (κ2) is 3.94. The minimum atomic E-state index is 0.481. The predicted octanol–water partition coefficient (Wildman–Crippen LogP) is 1.16. The van der Waals surface area contributed by atoms with Crippen LogP contribution in [0.3, 0.4) is 0 Å². The maximum atomic E-state index is 5.47. The van der Waals surface area contributed by atoms with Gasteiger partial charge in [-0.1, -0.05) is 6.92 Å². The normalized spacial score (nSPS) is 33.0. The molecule has 1 saturated heterocycles. The molecule has 0 spiro atoms. The molecule has 2 nitrogen and oxygen atoms in total. The van der Waals surface area contributed by atoms with Gasteiger partial charge in [-0.15, -0.1) is 0 Å². The second-order valence-corrected chi connectivity index (χ2v) is 2.83. The summed E-state index contributed by atoms with van der Waals surface area (Å²) < 4.78 is 5.47. The van der Waals surface area contributed by atoms with Gasteiger partial charge in [0.2, 0.25) is 0 Å². The molecule has 1 aliphatic rings. The molecule has 1 rings (SSSR count). The first kappa shape index (κ1) is 8.02. The highest BCUT2D eigenvalue weighted by Gasteiger charge is 2.21. The van der Waals surface area contributed by atoms with Gasteiger partial charge in [-0.25, -0.2) is 0 Å². The molecule has 1 aliphatic heterocycles. The zero-order valence-corrected chi connectivity index (χ0v) is 6.89. The minimum absolute atomic E-state index is 0.481. The highest BCUT2D eigenvalue weighted by Crippen LogP contribution is 2.11. The van der Waals surface area contributed by atoms with Crippen LogP contribution in [0.2, 0.25) is 0 Å². The highest BCUT2D eigenvalue weighted by atomic mass is 16.5. The summed E-state index contributed by atoms with van der Waals surface area (Å²) in [5.41, 5.74) is 0. The summed E-state index contributed by atoms with van der Waals surface area (Å²) in [6.45, 7) is 6.17. The summed E-state index contributed by atoms with van der Waals surface area (Å²) in [5, 5.41) is 3.42. The molecule has 0 aromatic heterocycles. The van der Waals surface area contributed by atoms with E-state index in [0.29, 0.717) is 12.1 Å². The summed E-state index contributed by atoms with van der Waals surface area (Å²) >= 11 is 0. The van der Waals surface area contributed by atoms with Crippen LogP contribution >= 0.6 is 0 Å². The van der Waals surface area contributed by atoms with Gasteiger partial charge < -0.3 is 10.1 Å². The lowest BCUT2D eigenvalue weighted by Crippen LogP contribution is -2.20. The summed E-state index contributed by atoms with van der Waals surface area (Å²) in [6, 6.07) is 0.705. The number of hydrogen-bond donors (Lipinski definition) is 1. The lowest BCUT2D eigenvalue weighted by atomic mass is 10.1. The highest BCUT2D eigenvalue weighted by molar-refractivity contribution is 4.80. The van der Waals surface area contributed by atoms with Crippen molar-refractivity contribution in [2.24, 2.45) is 0 Å². The van der Waals surface area contributed by atoms with E-state index in [0.717, 1.165) is 13.2 Å².